The SMILES string of the molecule is CNCC(O)N[C@H](C)[C@H]1C(=O)N2C(C(=O)O)=C(SC3CN[C@H](Cn4cc(CN)nn4)C3)[C@H](C)[C@H]12. The van der Waals surface area contributed by atoms with E-state index in [2.05, 4.69) is 26.3 Å². The third-order valence-electron chi connectivity index (χ3n) is 6.86. The number of hydrogen-bond acceptors (Lipinski definition) is 10. The van der Waals surface area contributed by atoms with E-state index >= 15 is 0 Å². The van der Waals surface area contributed by atoms with Crippen molar-refractivity contribution in [2.24, 2.45) is 17.6 Å². The van der Waals surface area contributed by atoms with Crippen LogP contribution in [-0.2, 0) is 22.7 Å². The van der Waals surface area contributed by atoms with E-state index in [4.69, 9.17) is 5.73 Å². The fraction of sp³-hybridized carbons (Fsp3) is 0.714. The number of β-lactam (4-membered cyclic amide) rings is 1. The maximum Gasteiger partial charge on any atom is 0.353 e. The minimum atomic E-state index is -1.07. The summed E-state index contributed by atoms with van der Waals surface area (Å²) >= 11 is 1.57. The molecule has 1 aromatic heterocycles. The van der Waals surface area contributed by atoms with Gasteiger partial charge in [0.1, 0.15) is 11.9 Å². The summed E-state index contributed by atoms with van der Waals surface area (Å²) in [5, 5.41) is 37.8. The first kappa shape index (κ1) is 25.1. The summed E-state index contributed by atoms with van der Waals surface area (Å²) in [4.78, 5) is 27.4. The Kier molecular flexibility index (Phi) is 7.60. The number of carbonyl (C=O) groups excluding carboxylic acids is 1. The Morgan fingerprint density at radius 1 is 1.47 bits per heavy atom. The topological polar surface area (TPSA) is 171 Å². The largest absolute Gasteiger partial charge is 0.477 e. The number of aliphatic hydroxyl groups excluding tert-OH is 1. The van der Waals surface area contributed by atoms with Crippen LogP contribution in [0.5, 0.6) is 0 Å². The maximum absolute atomic E-state index is 13.0. The maximum atomic E-state index is 13.0. The highest BCUT2D eigenvalue weighted by Crippen LogP contribution is 2.51. The van der Waals surface area contributed by atoms with E-state index in [0.717, 1.165) is 23.6 Å². The molecule has 0 saturated carbocycles. The molecule has 3 aliphatic heterocycles. The Bertz CT molecular complexity index is 955. The summed E-state index contributed by atoms with van der Waals surface area (Å²) in [6.45, 7) is 5.97. The van der Waals surface area contributed by atoms with Gasteiger partial charge in [-0.15, -0.1) is 16.9 Å². The van der Waals surface area contributed by atoms with Gasteiger partial charge < -0.3 is 31.5 Å². The second-order valence-corrected chi connectivity index (χ2v) is 10.6. The first-order valence-electron chi connectivity index (χ1n) is 11.6. The molecule has 7 atom stereocenters. The Balaban J connectivity index is 1.42. The Morgan fingerprint density at radius 2 is 2.24 bits per heavy atom. The number of nitrogens with one attached hydrogen (secondary N) is 3. The number of aliphatic hydroxyl groups is 1. The first-order chi connectivity index (χ1) is 16.2. The third kappa shape index (κ3) is 4.72. The van der Waals surface area contributed by atoms with Crippen molar-refractivity contribution in [3.8, 4) is 0 Å². The molecule has 1 aromatic rings. The molecule has 1 amide bonds. The molecular weight excluding hydrogens is 460 g/mol. The Hall–Kier alpha value is -2.03. The number of aromatic nitrogens is 3. The van der Waals surface area contributed by atoms with Crippen LogP contribution in [0.2, 0.25) is 0 Å². The van der Waals surface area contributed by atoms with Gasteiger partial charge in [-0.2, -0.15) is 0 Å². The van der Waals surface area contributed by atoms with E-state index in [1.165, 1.54) is 4.90 Å². The molecule has 7 N–H and O–H groups in total. The van der Waals surface area contributed by atoms with Crippen LogP contribution in [0.1, 0.15) is 26.0 Å². The van der Waals surface area contributed by atoms with Crippen LogP contribution >= 0.6 is 11.8 Å². The number of thioether (sulfide) groups is 1. The van der Waals surface area contributed by atoms with Crippen LogP contribution in [0.4, 0.5) is 0 Å². The molecule has 4 heterocycles. The van der Waals surface area contributed by atoms with Crippen LogP contribution in [0.3, 0.4) is 0 Å². The lowest BCUT2D eigenvalue weighted by Crippen LogP contribution is -2.66. The van der Waals surface area contributed by atoms with Gasteiger partial charge in [-0.25, -0.2) is 4.79 Å². The second kappa shape index (κ2) is 10.3. The van der Waals surface area contributed by atoms with Crippen molar-refractivity contribution in [2.45, 2.75) is 63.0 Å². The van der Waals surface area contributed by atoms with E-state index in [-0.39, 0.29) is 46.8 Å². The van der Waals surface area contributed by atoms with Crippen LogP contribution in [-0.4, -0.2) is 91.7 Å². The summed E-state index contributed by atoms with van der Waals surface area (Å²) in [7, 11) is 1.74. The Morgan fingerprint density at radius 3 is 2.88 bits per heavy atom. The summed E-state index contributed by atoms with van der Waals surface area (Å²) in [6, 6.07) is -0.308. The molecule has 34 heavy (non-hydrogen) atoms. The molecule has 0 radical (unpaired) electrons. The lowest BCUT2D eigenvalue weighted by atomic mass is 9.78. The van der Waals surface area contributed by atoms with E-state index in [1.807, 2.05) is 20.0 Å². The van der Waals surface area contributed by atoms with Crippen molar-refractivity contribution in [3.63, 3.8) is 0 Å². The summed E-state index contributed by atoms with van der Waals surface area (Å²) in [5.74, 6) is -1.75. The normalized spacial score (nSPS) is 30.4. The molecule has 12 nitrogen and oxygen atoms in total. The highest BCUT2D eigenvalue weighted by molar-refractivity contribution is 8.03. The summed E-state index contributed by atoms with van der Waals surface area (Å²) < 4.78 is 1.78. The average Bonchev–Trinajstić information content (AvgIpc) is 3.47. The predicted octanol–water partition coefficient (Wildman–Crippen LogP) is -1.51. The molecule has 4 rings (SSSR count). The number of carbonyl (C=O) groups is 2. The highest BCUT2D eigenvalue weighted by atomic mass is 32.2. The molecule has 13 heteroatoms. The van der Waals surface area contributed by atoms with Gasteiger partial charge in [0.05, 0.1) is 24.2 Å². The number of likely N-dealkylation sites (N-methyl/N-ethyl adjacent to an activating group) is 1. The zero-order valence-corrected chi connectivity index (χ0v) is 20.5. The monoisotopic (exact) mass is 494 g/mol. The lowest BCUT2D eigenvalue weighted by Gasteiger charge is -2.48. The van der Waals surface area contributed by atoms with Gasteiger partial charge in [0.15, 0.2) is 0 Å². The number of hydrogen-bond donors (Lipinski definition) is 6. The van der Waals surface area contributed by atoms with E-state index in [9.17, 15) is 19.8 Å². The van der Waals surface area contributed by atoms with E-state index in [0.29, 0.717) is 19.6 Å². The molecule has 0 spiro atoms. The van der Waals surface area contributed by atoms with Crippen molar-refractivity contribution in [3.05, 3.63) is 22.5 Å². The Labute approximate surface area is 202 Å². The number of amides is 1. The van der Waals surface area contributed by atoms with Crippen molar-refractivity contribution in [2.75, 3.05) is 20.1 Å². The van der Waals surface area contributed by atoms with Crippen molar-refractivity contribution >= 4 is 23.6 Å². The molecule has 188 valence electrons. The van der Waals surface area contributed by atoms with Crippen molar-refractivity contribution < 1.29 is 19.8 Å². The number of carboxylic acids is 1. The zero-order valence-electron chi connectivity index (χ0n) is 19.6. The minimum absolute atomic E-state index is 0.0917. The standard InChI is InChI=1S/C21H34N8O4S/c1-10-17-16(11(2)25-15(30)7-23-3)20(31)29(17)18(21(32)33)19(10)34-14-4-12(24-6-14)8-28-9-13(5-22)26-27-28/h9-12,14-17,23-25,30H,4-8,22H2,1-3H3,(H,32,33)/t10-,11-,12+,14?,15?,16-,17-/m1/s1. The van der Waals surface area contributed by atoms with Gasteiger partial charge in [0, 0.05) is 54.0 Å². The number of fused-ring (bicyclic) bond motifs is 1. The molecule has 0 aliphatic carbocycles. The third-order valence-corrected chi connectivity index (χ3v) is 8.37. The highest BCUT2D eigenvalue weighted by Gasteiger charge is 2.60. The molecule has 3 aliphatic rings. The fourth-order valence-electron chi connectivity index (χ4n) is 5.29. The van der Waals surface area contributed by atoms with Crippen LogP contribution < -0.4 is 21.7 Å². The van der Waals surface area contributed by atoms with Crippen molar-refractivity contribution in [1.82, 2.24) is 35.8 Å². The number of rotatable bonds is 11. The van der Waals surface area contributed by atoms with Gasteiger partial charge in [-0.05, 0) is 20.4 Å². The van der Waals surface area contributed by atoms with Crippen LogP contribution in [0.25, 0.3) is 0 Å². The van der Waals surface area contributed by atoms with E-state index in [1.54, 1.807) is 23.5 Å². The second-order valence-electron chi connectivity index (χ2n) is 9.28. The van der Waals surface area contributed by atoms with Gasteiger partial charge in [-0.3, -0.25) is 14.8 Å². The quantitative estimate of drug-likeness (QED) is 0.156. The molecule has 0 aromatic carbocycles. The number of nitrogens with zero attached hydrogens (tertiary/aromatic N) is 4. The zero-order chi connectivity index (χ0) is 24.6. The lowest BCUT2D eigenvalue weighted by molar-refractivity contribution is -0.158. The molecule has 2 saturated heterocycles. The molecule has 0 bridgehead atoms. The molecular formula is C21H34N8O4S. The minimum Gasteiger partial charge on any atom is -0.477 e. The number of nitrogens with two attached hydrogens (primary N) is 1. The predicted molar refractivity (Wildman–Crippen MR) is 126 cm³/mol. The van der Waals surface area contributed by atoms with Gasteiger partial charge in [-0.1, -0.05) is 12.1 Å². The first-order valence-corrected chi connectivity index (χ1v) is 12.5. The van der Waals surface area contributed by atoms with Gasteiger partial charge in [0.2, 0.25) is 5.91 Å². The summed E-state index contributed by atoms with van der Waals surface area (Å²) in [5.41, 5.74) is 6.45. The number of aliphatic carboxylic acids is 1. The number of carboxylic acid groups (broad SMARTS) is 1. The molecule has 2 fully saturated rings. The fourth-order valence-corrected chi connectivity index (χ4v) is 6.81. The van der Waals surface area contributed by atoms with Crippen LogP contribution in [0, 0.1) is 11.8 Å². The van der Waals surface area contributed by atoms with Crippen molar-refractivity contribution in [1.29, 1.82) is 0 Å². The average molecular weight is 495 g/mol. The summed E-state index contributed by atoms with van der Waals surface area (Å²) in [6.07, 6.45) is 1.90. The smallest absolute Gasteiger partial charge is 0.353 e. The van der Waals surface area contributed by atoms with Gasteiger partial charge >= 0.3 is 5.97 Å². The molecule has 2 unspecified atom stereocenters. The van der Waals surface area contributed by atoms with Gasteiger partial charge in [0.25, 0.3) is 0 Å². The van der Waals surface area contributed by atoms with E-state index < -0.39 is 12.2 Å². The van der Waals surface area contributed by atoms with Crippen LogP contribution in [0.15, 0.2) is 16.8 Å².